The van der Waals surface area contributed by atoms with E-state index in [1.807, 2.05) is 19.2 Å². The third kappa shape index (κ3) is 3.15. The first-order valence-corrected chi connectivity index (χ1v) is 6.56. The summed E-state index contributed by atoms with van der Waals surface area (Å²) in [6.07, 6.45) is 3.06. The van der Waals surface area contributed by atoms with Gasteiger partial charge in [-0.1, -0.05) is 25.1 Å². The van der Waals surface area contributed by atoms with Gasteiger partial charge in [-0.3, -0.25) is 4.79 Å². The fourth-order valence-corrected chi connectivity index (χ4v) is 2.25. The average molecular weight is 260 g/mol. The number of fused-ring (bicyclic) bond motifs is 1. The fourth-order valence-electron chi connectivity index (χ4n) is 2.25. The molecule has 19 heavy (non-hydrogen) atoms. The van der Waals surface area contributed by atoms with Crippen molar-refractivity contribution in [2.24, 2.45) is 13.0 Å². The molecule has 0 spiro atoms. The number of benzene rings is 1. The lowest BCUT2D eigenvalue weighted by Crippen LogP contribution is -2.27. The Morgan fingerprint density at radius 3 is 2.89 bits per heavy atom. The van der Waals surface area contributed by atoms with Crippen molar-refractivity contribution in [1.82, 2.24) is 9.88 Å². The van der Waals surface area contributed by atoms with E-state index in [9.17, 15) is 4.79 Å². The summed E-state index contributed by atoms with van der Waals surface area (Å²) in [7, 11) is 2.05. The van der Waals surface area contributed by atoms with E-state index in [2.05, 4.69) is 28.2 Å². The lowest BCUT2D eigenvalue weighted by molar-refractivity contribution is -0.140. The van der Waals surface area contributed by atoms with E-state index in [0.29, 0.717) is 6.54 Å². The minimum atomic E-state index is -0.752. The number of aliphatic carboxylic acids is 1. The van der Waals surface area contributed by atoms with E-state index < -0.39 is 5.97 Å². The molecular formula is C15H20N2O2. The Kier molecular flexibility index (Phi) is 4.22. The molecule has 0 amide bonds. The molecule has 2 rings (SSSR count). The SMILES string of the molecule is CC(CNCCc1cn(C)c2ccccc12)C(=O)O. The monoisotopic (exact) mass is 260 g/mol. The molecule has 102 valence electrons. The van der Waals surface area contributed by atoms with Gasteiger partial charge >= 0.3 is 5.97 Å². The molecule has 0 saturated carbocycles. The Labute approximate surface area is 113 Å². The maximum atomic E-state index is 10.7. The highest BCUT2D eigenvalue weighted by Crippen LogP contribution is 2.20. The number of hydrogen-bond donors (Lipinski definition) is 2. The number of para-hydroxylation sites is 1. The Morgan fingerprint density at radius 2 is 2.16 bits per heavy atom. The van der Waals surface area contributed by atoms with Crippen molar-refractivity contribution in [1.29, 1.82) is 0 Å². The predicted octanol–water partition coefficient (Wildman–Crippen LogP) is 2.03. The van der Waals surface area contributed by atoms with E-state index in [0.717, 1.165) is 13.0 Å². The van der Waals surface area contributed by atoms with Gasteiger partial charge in [-0.05, 0) is 24.6 Å². The van der Waals surface area contributed by atoms with Crippen molar-refractivity contribution in [3.05, 3.63) is 36.0 Å². The van der Waals surface area contributed by atoms with Gasteiger partial charge in [0.05, 0.1) is 5.92 Å². The summed E-state index contributed by atoms with van der Waals surface area (Å²) in [4.78, 5) is 10.7. The number of aryl methyl sites for hydroxylation is 1. The third-order valence-corrected chi connectivity index (χ3v) is 3.42. The Balaban J connectivity index is 1.93. The lowest BCUT2D eigenvalue weighted by atomic mass is 10.1. The Bertz CT molecular complexity index is 575. The Morgan fingerprint density at radius 1 is 1.42 bits per heavy atom. The van der Waals surface area contributed by atoms with E-state index in [1.54, 1.807) is 6.92 Å². The molecule has 1 heterocycles. The lowest BCUT2D eigenvalue weighted by Gasteiger charge is -2.07. The quantitative estimate of drug-likeness (QED) is 0.781. The smallest absolute Gasteiger partial charge is 0.307 e. The standard InChI is InChI=1S/C15H20N2O2/c1-11(15(18)19)9-16-8-7-12-10-17(2)14-6-4-3-5-13(12)14/h3-6,10-11,16H,7-9H2,1-2H3,(H,18,19). The molecule has 0 aliphatic rings. The first-order chi connectivity index (χ1) is 9.09. The van der Waals surface area contributed by atoms with Crippen LogP contribution < -0.4 is 5.32 Å². The first-order valence-electron chi connectivity index (χ1n) is 6.56. The predicted molar refractivity (Wildman–Crippen MR) is 76.3 cm³/mol. The third-order valence-electron chi connectivity index (χ3n) is 3.42. The van der Waals surface area contributed by atoms with E-state index in [-0.39, 0.29) is 5.92 Å². The molecule has 0 bridgehead atoms. The largest absolute Gasteiger partial charge is 0.481 e. The molecule has 0 saturated heterocycles. The summed E-state index contributed by atoms with van der Waals surface area (Å²) < 4.78 is 2.13. The zero-order chi connectivity index (χ0) is 13.8. The van der Waals surface area contributed by atoms with E-state index in [1.165, 1.54) is 16.5 Å². The number of carbonyl (C=O) groups is 1. The molecule has 1 aromatic heterocycles. The van der Waals surface area contributed by atoms with Crippen LogP contribution in [0.4, 0.5) is 0 Å². The summed E-state index contributed by atoms with van der Waals surface area (Å²) >= 11 is 0. The number of nitrogens with one attached hydrogen (secondary N) is 1. The molecule has 0 radical (unpaired) electrons. The molecule has 1 unspecified atom stereocenters. The number of hydrogen-bond acceptors (Lipinski definition) is 2. The van der Waals surface area contributed by atoms with Crippen LogP contribution in [0.15, 0.2) is 30.5 Å². The molecular weight excluding hydrogens is 240 g/mol. The van der Waals surface area contributed by atoms with Gasteiger partial charge in [0, 0.05) is 30.7 Å². The summed E-state index contributed by atoms with van der Waals surface area (Å²) in [6, 6.07) is 8.33. The van der Waals surface area contributed by atoms with Gasteiger partial charge in [0.1, 0.15) is 0 Å². The number of carboxylic acid groups (broad SMARTS) is 1. The van der Waals surface area contributed by atoms with E-state index >= 15 is 0 Å². The molecule has 1 aromatic carbocycles. The molecule has 2 N–H and O–H groups in total. The highest BCUT2D eigenvalue weighted by molar-refractivity contribution is 5.83. The zero-order valence-electron chi connectivity index (χ0n) is 11.4. The highest BCUT2D eigenvalue weighted by Gasteiger charge is 2.10. The van der Waals surface area contributed by atoms with Crippen LogP contribution in [0.1, 0.15) is 12.5 Å². The van der Waals surface area contributed by atoms with Gasteiger partial charge in [0.2, 0.25) is 0 Å². The van der Waals surface area contributed by atoms with Crippen LogP contribution >= 0.6 is 0 Å². The molecule has 0 aliphatic heterocycles. The second-order valence-electron chi connectivity index (χ2n) is 4.98. The number of carboxylic acids is 1. The van der Waals surface area contributed by atoms with Gasteiger partial charge in [-0.15, -0.1) is 0 Å². The topological polar surface area (TPSA) is 54.3 Å². The molecule has 2 aromatic rings. The molecule has 0 aliphatic carbocycles. The van der Waals surface area contributed by atoms with Gasteiger partial charge in [-0.2, -0.15) is 0 Å². The molecule has 0 fully saturated rings. The number of nitrogens with zero attached hydrogens (tertiary/aromatic N) is 1. The average Bonchev–Trinajstić information content (AvgIpc) is 2.72. The number of rotatable bonds is 6. The van der Waals surface area contributed by atoms with Crippen molar-refractivity contribution in [2.75, 3.05) is 13.1 Å². The summed E-state index contributed by atoms with van der Waals surface area (Å²) in [5.41, 5.74) is 2.53. The van der Waals surface area contributed by atoms with Crippen LogP contribution in [0.5, 0.6) is 0 Å². The second-order valence-corrected chi connectivity index (χ2v) is 4.98. The summed E-state index contributed by atoms with van der Waals surface area (Å²) in [5.74, 6) is -1.09. The normalized spacial score (nSPS) is 12.7. The Hall–Kier alpha value is -1.81. The maximum Gasteiger partial charge on any atom is 0.307 e. The minimum Gasteiger partial charge on any atom is -0.481 e. The maximum absolute atomic E-state index is 10.7. The summed E-state index contributed by atoms with van der Waals surface area (Å²) in [5, 5.41) is 13.3. The second kappa shape index (κ2) is 5.89. The van der Waals surface area contributed by atoms with Crippen LogP contribution in [0.2, 0.25) is 0 Å². The fraction of sp³-hybridized carbons (Fsp3) is 0.400. The van der Waals surface area contributed by atoms with Crippen LogP contribution in [-0.2, 0) is 18.3 Å². The van der Waals surface area contributed by atoms with Crippen LogP contribution in [-0.4, -0.2) is 28.7 Å². The van der Waals surface area contributed by atoms with Crippen molar-refractivity contribution < 1.29 is 9.90 Å². The van der Waals surface area contributed by atoms with E-state index in [4.69, 9.17) is 5.11 Å². The van der Waals surface area contributed by atoms with Crippen LogP contribution in [0.25, 0.3) is 10.9 Å². The van der Waals surface area contributed by atoms with Gasteiger partial charge in [0.25, 0.3) is 0 Å². The van der Waals surface area contributed by atoms with Crippen molar-refractivity contribution in [3.63, 3.8) is 0 Å². The zero-order valence-corrected chi connectivity index (χ0v) is 11.4. The first kappa shape index (κ1) is 13.6. The van der Waals surface area contributed by atoms with Crippen molar-refractivity contribution in [2.45, 2.75) is 13.3 Å². The van der Waals surface area contributed by atoms with Crippen molar-refractivity contribution in [3.8, 4) is 0 Å². The minimum absolute atomic E-state index is 0.340. The van der Waals surface area contributed by atoms with Crippen molar-refractivity contribution >= 4 is 16.9 Å². The highest BCUT2D eigenvalue weighted by atomic mass is 16.4. The van der Waals surface area contributed by atoms with Crippen LogP contribution in [0.3, 0.4) is 0 Å². The molecule has 4 nitrogen and oxygen atoms in total. The molecule has 4 heteroatoms. The summed E-state index contributed by atoms with van der Waals surface area (Å²) in [6.45, 7) is 3.03. The molecule has 1 atom stereocenters. The van der Waals surface area contributed by atoms with Gasteiger partial charge in [-0.25, -0.2) is 0 Å². The van der Waals surface area contributed by atoms with Gasteiger partial charge < -0.3 is 15.0 Å². The number of aromatic nitrogens is 1. The van der Waals surface area contributed by atoms with Gasteiger partial charge in [0.15, 0.2) is 0 Å². The van der Waals surface area contributed by atoms with Crippen LogP contribution in [0, 0.1) is 5.92 Å².